The lowest BCUT2D eigenvalue weighted by molar-refractivity contribution is 0.566. The number of anilines is 2. The predicted molar refractivity (Wildman–Crippen MR) is 81.5 cm³/mol. The Labute approximate surface area is 124 Å². The number of rotatable bonds is 8. The first-order chi connectivity index (χ1) is 10.2. The third kappa shape index (κ3) is 4.66. The molecule has 0 aliphatic carbocycles. The summed E-state index contributed by atoms with van der Waals surface area (Å²) in [6.07, 6.45) is 5.27. The van der Waals surface area contributed by atoms with E-state index in [0.29, 0.717) is 23.8 Å². The van der Waals surface area contributed by atoms with Gasteiger partial charge in [-0.1, -0.05) is 13.8 Å². The Morgan fingerprint density at radius 1 is 1.14 bits per heavy atom. The molecule has 0 unspecified atom stereocenters. The summed E-state index contributed by atoms with van der Waals surface area (Å²) in [6.45, 7) is 8.01. The minimum atomic E-state index is 0.449. The fourth-order valence-corrected chi connectivity index (χ4v) is 1.81. The highest BCUT2D eigenvalue weighted by molar-refractivity contribution is 5.37. The zero-order valence-corrected chi connectivity index (χ0v) is 12.7. The van der Waals surface area contributed by atoms with E-state index in [1.807, 2.05) is 6.92 Å². The first-order valence-corrected chi connectivity index (χ1v) is 7.28. The second-order valence-electron chi connectivity index (χ2n) is 5.12. The molecule has 0 saturated heterocycles. The number of nitrogens with one attached hydrogen (secondary N) is 2. The normalized spacial score (nSPS) is 10.9. The second-order valence-corrected chi connectivity index (χ2v) is 5.12. The van der Waals surface area contributed by atoms with E-state index in [1.54, 1.807) is 6.33 Å². The maximum atomic E-state index is 4.36. The zero-order valence-electron chi connectivity index (χ0n) is 12.7. The number of aromatic nitrogens is 6. The molecule has 114 valence electrons. The fourth-order valence-electron chi connectivity index (χ4n) is 1.81. The van der Waals surface area contributed by atoms with E-state index >= 15 is 0 Å². The minimum Gasteiger partial charge on any atom is -0.354 e. The van der Waals surface area contributed by atoms with Crippen LogP contribution in [0.25, 0.3) is 5.95 Å². The molecule has 0 radical (unpaired) electrons. The highest BCUT2D eigenvalue weighted by Gasteiger charge is 2.08. The van der Waals surface area contributed by atoms with Crippen molar-refractivity contribution in [3.05, 3.63) is 12.7 Å². The van der Waals surface area contributed by atoms with Crippen LogP contribution in [0.2, 0.25) is 0 Å². The van der Waals surface area contributed by atoms with E-state index in [2.05, 4.69) is 49.5 Å². The zero-order chi connectivity index (χ0) is 15.1. The van der Waals surface area contributed by atoms with Crippen LogP contribution in [0.15, 0.2) is 12.7 Å². The molecule has 0 aliphatic rings. The summed E-state index contributed by atoms with van der Waals surface area (Å²) in [5.74, 6) is 2.23. The van der Waals surface area contributed by atoms with Gasteiger partial charge in [-0.25, -0.2) is 4.98 Å². The van der Waals surface area contributed by atoms with Crippen molar-refractivity contribution in [1.29, 1.82) is 0 Å². The quantitative estimate of drug-likeness (QED) is 0.715. The van der Waals surface area contributed by atoms with Gasteiger partial charge in [0.15, 0.2) is 0 Å². The van der Waals surface area contributed by atoms with Gasteiger partial charge in [-0.2, -0.15) is 24.7 Å². The van der Waals surface area contributed by atoms with Gasteiger partial charge in [0.25, 0.3) is 5.95 Å². The highest BCUT2D eigenvalue weighted by Crippen LogP contribution is 2.09. The fraction of sp³-hybridized carbons (Fsp3) is 0.615. The summed E-state index contributed by atoms with van der Waals surface area (Å²) in [4.78, 5) is 16.9. The first kappa shape index (κ1) is 15.1. The summed E-state index contributed by atoms with van der Waals surface area (Å²) >= 11 is 0. The molecule has 2 heterocycles. The predicted octanol–water partition coefficient (Wildman–Crippen LogP) is 1.73. The monoisotopic (exact) mass is 290 g/mol. The molecule has 0 bridgehead atoms. The minimum absolute atomic E-state index is 0.449. The molecule has 0 atom stereocenters. The van der Waals surface area contributed by atoms with Crippen molar-refractivity contribution >= 4 is 11.9 Å². The molecule has 21 heavy (non-hydrogen) atoms. The van der Waals surface area contributed by atoms with E-state index in [1.165, 1.54) is 17.4 Å². The van der Waals surface area contributed by atoms with E-state index in [4.69, 9.17) is 0 Å². The standard InChI is InChI=1S/C13H22N8/c1-4-15-11-18-12(16-7-5-6-10(2)3)20-13(19-11)21-9-14-8-17-21/h8-10H,4-7H2,1-3H3,(H2,15,16,18,19,20). The smallest absolute Gasteiger partial charge is 0.258 e. The molecule has 0 spiro atoms. The third-order valence-electron chi connectivity index (χ3n) is 2.82. The Hall–Kier alpha value is -2.25. The topological polar surface area (TPSA) is 93.4 Å². The van der Waals surface area contributed by atoms with Crippen molar-refractivity contribution in [2.45, 2.75) is 33.6 Å². The number of nitrogens with zero attached hydrogens (tertiary/aromatic N) is 6. The molecule has 2 aromatic rings. The second kappa shape index (κ2) is 7.51. The van der Waals surface area contributed by atoms with Crippen molar-refractivity contribution in [1.82, 2.24) is 29.7 Å². The average molecular weight is 290 g/mol. The van der Waals surface area contributed by atoms with Crippen LogP contribution >= 0.6 is 0 Å². The van der Waals surface area contributed by atoms with Crippen molar-refractivity contribution < 1.29 is 0 Å². The Morgan fingerprint density at radius 3 is 2.52 bits per heavy atom. The molecular formula is C13H22N8. The molecule has 0 amide bonds. The van der Waals surface area contributed by atoms with Crippen LogP contribution in [-0.2, 0) is 0 Å². The van der Waals surface area contributed by atoms with Crippen molar-refractivity contribution in [2.24, 2.45) is 5.92 Å². The van der Waals surface area contributed by atoms with Crippen molar-refractivity contribution in [3.8, 4) is 5.95 Å². The van der Waals surface area contributed by atoms with E-state index < -0.39 is 0 Å². The van der Waals surface area contributed by atoms with Crippen LogP contribution in [-0.4, -0.2) is 42.8 Å². The molecule has 2 N–H and O–H groups in total. The van der Waals surface area contributed by atoms with E-state index in [9.17, 15) is 0 Å². The van der Waals surface area contributed by atoms with Gasteiger partial charge in [0.2, 0.25) is 11.9 Å². The van der Waals surface area contributed by atoms with Crippen molar-refractivity contribution in [2.75, 3.05) is 23.7 Å². The van der Waals surface area contributed by atoms with Gasteiger partial charge in [0.1, 0.15) is 12.7 Å². The number of hydrogen-bond donors (Lipinski definition) is 2. The van der Waals surface area contributed by atoms with Gasteiger partial charge >= 0.3 is 0 Å². The van der Waals surface area contributed by atoms with Gasteiger partial charge in [-0.05, 0) is 25.7 Å². The maximum Gasteiger partial charge on any atom is 0.258 e. The summed E-state index contributed by atoms with van der Waals surface area (Å²) in [5, 5.41) is 10.4. The molecule has 8 nitrogen and oxygen atoms in total. The van der Waals surface area contributed by atoms with Crippen LogP contribution < -0.4 is 10.6 Å². The summed E-state index contributed by atoms with van der Waals surface area (Å²) < 4.78 is 1.52. The Balaban J connectivity index is 2.08. The summed E-state index contributed by atoms with van der Waals surface area (Å²) in [6, 6.07) is 0. The summed E-state index contributed by atoms with van der Waals surface area (Å²) in [7, 11) is 0. The van der Waals surface area contributed by atoms with Crippen LogP contribution in [0.4, 0.5) is 11.9 Å². The van der Waals surface area contributed by atoms with E-state index in [0.717, 1.165) is 19.5 Å². The molecule has 8 heteroatoms. The molecule has 2 rings (SSSR count). The molecule has 2 aromatic heterocycles. The highest BCUT2D eigenvalue weighted by atomic mass is 15.4. The molecule has 0 saturated carbocycles. The maximum absolute atomic E-state index is 4.36. The lowest BCUT2D eigenvalue weighted by Gasteiger charge is -2.09. The van der Waals surface area contributed by atoms with Gasteiger partial charge in [-0.3, -0.25) is 0 Å². The van der Waals surface area contributed by atoms with E-state index in [-0.39, 0.29) is 0 Å². The number of hydrogen-bond acceptors (Lipinski definition) is 7. The van der Waals surface area contributed by atoms with Crippen LogP contribution in [0, 0.1) is 5.92 Å². The Morgan fingerprint density at radius 2 is 1.90 bits per heavy atom. The van der Waals surface area contributed by atoms with Crippen molar-refractivity contribution in [3.63, 3.8) is 0 Å². The lowest BCUT2D eigenvalue weighted by Crippen LogP contribution is -2.13. The van der Waals surface area contributed by atoms with Crippen LogP contribution in [0.1, 0.15) is 33.6 Å². The lowest BCUT2D eigenvalue weighted by atomic mass is 10.1. The molecule has 0 aromatic carbocycles. The van der Waals surface area contributed by atoms with Crippen LogP contribution in [0.3, 0.4) is 0 Å². The summed E-state index contributed by atoms with van der Waals surface area (Å²) in [5.41, 5.74) is 0. The average Bonchev–Trinajstić information content (AvgIpc) is 2.98. The molecule has 0 aliphatic heterocycles. The third-order valence-corrected chi connectivity index (χ3v) is 2.82. The molecular weight excluding hydrogens is 268 g/mol. The SMILES string of the molecule is CCNc1nc(NCCCC(C)C)nc(-n2cncn2)n1. The van der Waals surface area contributed by atoms with Gasteiger partial charge in [-0.15, -0.1) is 0 Å². The Bertz CT molecular complexity index is 537. The van der Waals surface area contributed by atoms with Gasteiger partial charge in [0.05, 0.1) is 0 Å². The first-order valence-electron chi connectivity index (χ1n) is 7.28. The Kier molecular flexibility index (Phi) is 5.42. The van der Waals surface area contributed by atoms with Gasteiger partial charge in [0, 0.05) is 13.1 Å². The largest absolute Gasteiger partial charge is 0.354 e. The van der Waals surface area contributed by atoms with Gasteiger partial charge < -0.3 is 10.6 Å². The van der Waals surface area contributed by atoms with Crippen LogP contribution in [0.5, 0.6) is 0 Å². The molecule has 0 fully saturated rings.